The molecule has 0 amide bonds. The zero-order valence-corrected chi connectivity index (χ0v) is 12.1. The van der Waals surface area contributed by atoms with Crippen molar-refractivity contribution < 1.29 is 14.3 Å². The molecule has 1 heterocycles. The monoisotopic (exact) mass is 292 g/mol. The second-order valence-corrected chi connectivity index (χ2v) is 4.85. The first-order valence-electron chi connectivity index (χ1n) is 6.21. The molecule has 0 saturated heterocycles. The van der Waals surface area contributed by atoms with Crippen LogP contribution in [0.2, 0.25) is 0 Å². The number of hydrogen-bond donors (Lipinski definition) is 1. The molecule has 5 nitrogen and oxygen atoms in total. The summed E-state index contributed by atoms with van der Waals surface area (Å²) in [6.45, 7) is 2.12. The zero-order chi connectivity index (χ0) is 14.4. The molecule has 1 unspecified atom stereocenters. The van der Waals surface area contributed by atoms with Crippen molar-refractivity contribution in [1.82, 2.24) is 4.98 Å². The summed E-state index contributed by atoms with van der Waals surface area (Å²) < 4.78 is 10.2. The molecule has 2 aromatic rings. The average molecular weight is 292 g/mol. The van der Waals surface area contributed by atoms with Gasteiger partial charge in [0.15, 0.2) is 6.04 Å². The highest BCUT2D eigenvalue weighted by Gasteiger charge is 2.24. The lowest BCUT2D eigenvalue weighted by molar-refractivity contribution is -0.144. The van der Waals surface area contributed by atoms with E-state index >= 15 is 0 Å². The second-order valence-electron chi connectivity index (χ2n) is 3.93. The van der Waals surface area contributed by atoms with Gasteiger partial charge in [0, 0.05) is 17.3 Å². The number of anilines is 1. The topological polar surface area (TPSA) is 60.5 Å². The van der Waals surface area contributed by atoms with Crippen LogP contribution in [0, 0.1) is 0 Å². The molecule has 0 radical (unpaired) electrons. The van der Waals surface area contributed by atoms with Crippen molar-refractivity contribution in [3.8, 4) is 5.75 Å². The Morgan fingerprint density at radius 2 is 2.15 bits per heavy atom. The minimum absolute atomic E-state index is 0.335. The van der Waals surface area contributed by atoms with Gasteiger partial charge in [0.1, 0.15) is 10.8 Å². The SMILES string of the molecule is CCOC(=O)C(Nc1ccc(OC)cc1)c1nccs1. The van der Waals surface area contributed by atoms with Crippen LogP contribution in [0.15, 0.2) is 35.8 Å². The molecule has 0 aliphatic heterocycles. The molecule has 1 atom stereocenters. The summed E-state index contributed by atoms with van der Waals surface area (Å²) >= 11 is 1.41. The molecule has 0 aliphatic rings. The molecule has 2 rings (SSSR count). The number of carbonyl (C=O) groups is 1. The lowest BCUT2D eigenvalue weighted by Gasteiger charge is -2.16. The molecule has 0 spiro atoms. The van der Waals surface area contributed by atoms with Crippen LogP contribution < -0.4 is 10.1 Å². The van der Waals surface area contributed by atoms with Crippen LogP contribution in [0.25, 0.3) is 0 Å². The fraction of sp³-hybridized carbons (Fsp3) is 0.286. The van der Waals surface area contributed by atoms with Gasteiger partial charge in [-0.3, -0.25) is 0 Å². The number of benzene rings is 1. The molecule has 0 bridgehead atoms. The third-order valence-corrected chi connectivity index (χ3v) is 3.46. The largest absolute Gasteiger partial charge is 0.497 e. The van der Waals surface area contributed by atoms with E-state index in [-0.39, 0.29) is 5.97 Å². The van der Waals surface area contributed by atoms with Gasteiger partial charge in [0.25, 0.3) is 0 Å². The van der Waals surface area contributed by atoms with E-state index < -0.39 is 6.04 Å². The number of methoxy groups -OCH3 is 1. The molecule has 1 N–H and O–H groups in total. The Morgan fingerprint density at radius 3 is 2.70 bits per heavy atom. The highest BCUT2D eigenvalue weighted by molar-refractivity contribution is 7.09. The average Bonchev–Trinajstić information content (AvgIpc) is 2.99. The highest BCUT2D eigenvalue weighted by Crippen LogP contribution is 2.24. The number of rotatable bonds is 6. The second kappa shape index (κ2) is 6.91. The summed E-state index contributed by atoms with van der Waals surface area (Å²) in [6, 6.07) is 6.75. The van der Waals surface area contributed by atoms with Gasteiger partial charge in [0.05, 0.1) is 13.7 Å². The minimum Gasteiger partial charge on any atom is -0.497 e. The third-order valence-electron chi connectivity index (χ3n) is 2.62. The normalized spacial score (nSPS) is 11.7. The van der Waals surface area contributed by atoms with Gasteiger partial charge in [-0.25, -0.2) is 9.78 Å². The number of thiazole rings is 1. The number of aromatic nitrogens is 1. The van der Waals surface area contributed by atoms with E-state index in [0.29, 0.717) is 11.6 Å². The van der Waals surface area contributed by atoms with Gasteiger partial charge in [-0.1, -0.05) is 0 Å². The Balaban J connectivity index is 2.16. The molecule has 1 aromatic carbocycles. The molecular formula is C14H16N2O3S. The van der Waals surface area contributed by atoms with Crippen LogP contribution in [0.5, 0.6) is 5.75 Å². The first-order valence-corrected chi connectivity index (χ1v) is 7.09. The summed E-state index contributed by atoms with van der Waals surface area (Å²) in [5.74, 6) is 0.427. The molecule has 6 heteroatoms. The molecule has 20 heavy (non-hydrogen) atoms. The van der Waals surface area contributed by atoms with E-state index in [9.17, 15) is 4.79 Å². The number of hydrogen-bond acceptors (Lipinski definition) is 6. The Morgan fingerprint density at radius 1 is 1.40 bits per heavy atom. The van der Waals surface area contributed by atoms with E-state index in [1.54, 1.807) is 20.2 Å². The van der Waals surface area contributed by atoms with Crippen LogP contribution in [-0.2, 0) is 9.53 Å². The number of nitrogens with one attached hydrogen (secondary N) is 1. The lowest BCUT2D eigenvalue weighted by Crippen LogP contribution is -2.23. The summed E-state index contributed by atoms with van der Waals surface area (Å²) in [4.78, 5) is 16.2. The molecule has 0 aliphatic carbocycles. The number of esters is 1. The van der Waals surface area contributed by atoms with E-state index in [0.717, 1.165) is 11.4 Å². The lowest BCUT2D eigenvalue weighted by atomic mass is 10.2. The standard InChI is InChI=1S/C14H16N2O3S/c1-3-19-14(17)12(13-15-8-9-20-13)16-10-4-6-11(18-2)7-5-10/h4-9,12,16H,3H2,1-2H3. The number of ether oxygens (including phenoxy) is 2. The zero-order valence-electron chi connectivity index (χ0n) is 11.3. The van der Waals surface area contributed by atoms with Gasteiger partial charge in [-0.15, -0.1) is 11.3 Å². The maximum Gasteiger partial charge on any atom is 0.335 e. The van der Waals surface area contributed by atoms with E-state index in [4.69, 9.17) is 9.47 Å². The van der Waals surface area contributed by atoms with Crippen molar-refractivity contribution in [2.24, 2.45) is 0 Å². The van der Waals surface area contributed by atoms with Crippen LogP contribution in [0.3, 0.4) is 0 Å². The Labute approximate surface area is 121 Å². The van der Waals surface area contributed by atoms with Crippen molar-refractivity contribution in [3.05, 3.63) is 40.8 Å². The van der Waals surface area contributed by atoms with Crippen molar-refractivity contribution in [2.45, 2.75) is 13.0 Å². The molecule has 0 fully saturated rings. The van der Waals surface area contributed by atoms with Crippen molar-refractivity contribution in [1.29, 1.82) is 0 Å². The molecule has 0 saturated carbocycles. The van der Waals surface area contributed by atoms with Crippen LogP contribution in [0.1, 0.15) is 18.0 Å². The first kappa shape index (κ1) is 14.3. The third kappa shape index (κ3) is 3.48. The molecule has 106 valence electrons. The summed E-state index contributed by atoms with van der Waals surface area (Å²) in [5, 5.41) is 5.65. The highest BCUT2D eigenvalue weighted by atomic mass is 32.1. The number of nitrogens with zero attached hydrogens (tertiary/aromatic N) is 1. The smallest absolute Gasteiger partial charge is 0.335 e. The molecular weight excluding hydrogens is 276 g/mol. The van der Waals surface area contributed by atoms with Gasteiger partial charge >= 0.3 is 5.97 Å². The fourth-order valence-electron chi connectivity index (χ4n) is 1.68. The summed E-state index contributed by atoms with van der Waals surface area (Å²) in [6.07, 6.45) is 1.67. The van der Waals surface area contributed by atoms with Crippen molar-refractivity contribution in [2.75, 3.05) is 19.0 Å². The van der Waals surface area contributed by atoms with E-state index in [2.05, 4.69) is 10.3 Å². The minimum atomic E-state index is -0.594. The summed E-state index contributed by atoms with van der Waals surface area (Å²) in [5.41, 5.74) is 0.805. The van der Waals surface area contributed by atoms with Crippen LogP contribution in [0.4, 0.5) is 5.69 Å². The first-order chi connectivity index (χ1) is 9.74. The Kier molecular flexibility index (Phi) is 4.95. The number of carbonyl (C=O) groups excluding carboxylic acids is 1. The quantitative estimate of drug-likeness (QED) is 0.830. The van der Waals surface area contributed by atoms with Crippen molar-refractivity contribution >= 4 is 23.0 Å². The van der Waals surface area contributed by atoms with E-state index in [1.165, 1.54) is 11.3 Å². The predicted molar refractivity (Wildman–Crippen MR) is 78.1 cm³/mol. The summed E-state index contributed by atoms with van der Waals surface area (Å²) in [7, 11) is 1.61. The maximum absolute atomic E-state index is 12.0. The molecule has 1 aromatic heterocycles. The Bertz CT molecular complexity index is 540. The maximum atomic E-state index is 12.0. The predicted octanol–water partition coefficient (Wildman–Crippen LogP) is 2.87. The van der Waals surface area contributed by atoms with Gasteiger partial charge in [0.2, 0.25) is 0 Å². The van der Waals surface area contributed by atoms with Crippen molar-refractivity contribution in [3.63, 3.8) is 0 Å². The van der Waals surface area contributed by atoms with E-state index in [1.807, 2.05) is 29.6 Å². The fourth-order valence-corrected chi connectivity index (χ4v) is 2.35. The van der Waals surface area contributed by atoms with Gasteiger partial charge < -0.3 is 14.8 Å². The van der Waals surface area contributed by atoms with Gasteiger partial charge in [-0.2, -0.15) is 0 Å². The van der Waals surface area contributed by atoms with Crippen LogP contribution >= 0.6 is 11.3 Å². The van der Waals surface area contributed by atoms with Gasteiger partial charge in [-0.05, 0) is 31.2 Å². The Hall–Kier alpha value is -2.08. The van der Waals surface area contributed by atoms with Crippen LogP contribution in [-0.4, -0.2) is 24.7 Å².